The van der Waals surface area contributed by atoms with Crippen molar-refractivity contribution in [3.05, 3.63) is 57.6 Å². The number of hydrogen-bond donors (Lipinski definition) is 1. The lowest BCUT2D eigenvalue weighted by Gasteiger charge is -2.11. The van der Waals surface area contributed by atoms with Crippen LogP contribution in [0.1, 0.15) is 11.1 Å². The number of alkyl halides is 2. The Labute approximate surface area is 131 Å². The highest BCUT2D eigenvalue weighted by molar-refractivity contribution is 6.32. The van der Waals surface area contributed by atoms with Gasteiger partial charge in [-0.1, -0.05) is 29.3 Å². The number of anilines is 1. The highest BCUT2D eigenvalue weighted by atomic mass is 35.5. The van der Waals surface area contributed by atoms with Crippen LogP contribution in [0.3, 0.4) is 0 Å². The second kappa shape index (κ2) is 6.96. The Bertz CT molecular complexity index is 635. The summed E-state index contributed by atoms with van der Waals surface area (Å²) in [5, 5.41) is 3.99. The summed E-state index contributed by atoms with van der Waals surface area (Å²) >= 11 is 11.8. The van der Waals surface area contributed by atoms with Crippen molar-refractivity contribution in [2.24, 2.45) is 0 Å². The van der Waals surface area contributed by atoms with E-state index in [9.17, 15) is 8.78 Å². The normalized spacial score (nSPS) is 10.8. The van der Waals surface area contributed by atoms with Gasteiger partial charge in [-0.2, -0.15) is 8.78 Å². The maximum atomic E-state index is 12.1. The molecule has 2 rings (SSSR count). The van der Waals surface area contributed by atoms with Crippen molar-refractivity contribution in [2.45, 2.75) is 20.1 Å². The Morgan fingerprint density at radius 1 is 1.14 bits per heavy atom. The van der Waals surface area contributed by atoms with Crippen LogP contribution in [0.2, 0.25) is 10.0 Å². The van der Waals surface area contributed by atoms with Crippen molar-refractivity contribution in [3.63, 3.8) is 0 Å². The van der Waals surface area contributed by atoms with Gasteiger partial charge in [-0.3, -0.25) is 0 Å². The van der Waals surface area contributed by atoms with Crippen molar-refractivity contribution < 1.29 is 13.5 Å². The van der Waals surface area contributed by atoms with Crippen molar-refractivity contribution in [3.8, 4) is 5.75 Å². The third kappa shape index (κ3) is 4.48. The van der Waals surface area contributed by atoms with Gasteiger partial charge in [-0.15, -0.1) is 0 Å². The quantitative estimate of drug-likeness (QED) is 0.779. The van der Waals surface area contributed by atoms with E-state index in [1.807, 2.05) is 25.1 Å². The zero-order chi connectivity index (χ0) is 15.4. The Morgan fingerprint density at radius 2 is 1.90 bits per heavy atom. The standard InChI is InChI=1S/C15H13Cl2F2NO/c1-9-6-11(16)3-2-10(9)8-20-12-4-5-14(13(17)7-12)21-15(18)19/h2-7,15,20H,8H2,1H3. The third-order valence-electron chi connectivity index (χ3n) is 2.94. The van der Waals surface area contributed by atoms with Gasteiger partial charge in [0.25, 0.3) is 0 Å². The van der Waals surface area contributed by atoms with E-state index in [2.05, 4.69) is 10.1 Å². The molecule has 0 aliphatic carbocycles. The number of ether oxygens (including phenoxy) is 1. The number of benzene rings is 2. The van der Waals surface area contributed by atoms with Crippen molar-refractivity contribution in [2.75, 3.05) is 5.32 Å². The molecule has 0 saturated carbocycles. The summed E-state index contributed by atoms with van der Waals surface area (Å²) in [6, 6.07) is 10.2. The van der Waals surface area contributed by atoms with Crippen molar-refractivity contribution in [1.82, 2.24) is 0 Å². The third-order valence-corrected chi connectivity index (χ3v) is 3.47. The molecule has 0 bridgehead atoms. The van der Waals surface area contributed by atoms with Gasteiger partial charge in [0.05, 0.1) is 5.02 Å². The fourth-order valence-corrected chi connectivity index (χ4v) is 2.31. The van der Waals surface area contributed by atoms with Gasteiger partial charge < -0.3 is 10.1 Å². The first kappa shape index (κ1) is 15.9. The fourth-order valence-electron chi connectivity index (χ4n) is 1.86. The molecule has 0 aliphatic rings. The molecular weight excluding hydrogens is 319 g/mol. The van der Waals surface area contributed by atoms with Gasteiger partial charge >= 0.3 is 6.61 Å². The summed E-state index contributed by atoms with van der Waals surface area (Å²) in [6.45, 7) is -0.345. The lowest BCUT2D eigenvalue weighted by Crippen LogP contribution is -2.04. The van der Waals surface area contributed by atoms with Gasteiger partial charge in [-0.25, -0.2) is 0 Å². The summed E-state index contributed by atoms with van der Waals surface area (Å²) in [4.78, 5) is 0. The van der Waals surface area contributed by atoms with E-state index in [0.29, 0.717) is 11.6 Å². The molecule has 2 aromatic carbocycles. The second-order valence-corrected chi connectivity index (χ2v) is 5.29. The van der Waals surface area contributed by atoms with Crippen LogP contribution in [0.5, 0.6) is 5.75 Å². The highest BCUT2D eigenvalue weighted by Gasteiger charge is 2.09. The molecule has 0 fully saturated rings. The van der Waals surface area contributed by atoms with E-state index in [0.717, 1.165) is 16.8 Å². The largest absolute Gasteiger partial charge is 0.433 e. The molecule has 0 spiro atoms. The number of hydrogen-bond acceptors (Lipinski definition) is 2. The summed E-state index contributed by atoms with van der Waals surface area (Å²) in [5.41, 5.74) is 2.87. The first-order valence-electron chi connectivity index (χ1n) is 6.19. The van der Waals surface area contributed by atoms with Crippen molar-refractivity contribution in [1.29, 1.82) is 0 Å². The molecular formula is C15H13Cl2F2NO. The highest BCUT2D eigenvalue weighted by Crippen LogP contribution is 2.29. The molecule has 0 atom stereocenters. The predicted octanol–water partition coefficient (Wildman–Crippen LogP) is 5.52. The lowest BCUT2D eigenvalue weighted by molar-refractivity contribution is -0.0497. The molecule has 0 amide bonds. The monoisotopic (exact) mass is 331 g/mol. The molecule has 1 N–H and O–H groups in total. The van der Waals surface area contributed by atoms with E-state index in [1.54, 1.807) is 12.1 Å². The Balaban J connectivity index is 2.05. The van der Waals surface area contributed by atoms with Crippen LogP contribution in [0, 0.1) is 6.92 Å². The van der Waals surface area contributed by atoms with Crippen LogP contribution < -0.4 is 10.1 Å². The number of aryl methyl sites for hydroxylation is 1. The van der Waals surface area contributed by atoms with Gasteiger partial charge in [0.2, 0.25) is 0 Å². The number of nitrogens with one attached hydrogen (secondary N) is 1. The lowest BCUT2D eigenvalue weighted by atomic mass is 10.1. The minimum absolute atomic E-state index is 0.0418. The maximum Gasteiger partial charge on any atom is 0.387 e. The molecule has 2 aromatic rings. The van der Waals surface area contributed by atoms with Crippen LogP contribution in [0.25, 0.3) is 0 Å². The zero-order valence-corrected chi connectivity index (χ0v) is 12.7. The Morgan fingerprint density at radius 3 is 2.52 bits per heavy atom. The molecule has 0 radical (unpaired) electrons. The van der Waals surface area contributed by atoms with Crippen LogP contribution in [0.4, 0.5) is 14.5 Å². The first-order valence-corrected chi connectivity index (χ1v) is 6.94. The van der Waals surface area contributed by atoms with Crippen molar-refractivity contribution >= 4 is 28.9 Å². The molecule has 0 saturated heterocycles. The van der Waals surface area contributed by atoms with Gasteiger partial charge in [0.15, 0.2) is 0 Å². The smallest absolute Gasteiger partial charge is 0.387 e. The molecule has 21 heavy (non-hydrogen) atoms. The zero-order valence-electron chi connectivity index (χ0n) is 11.2. The van der Waals surface area contributed by atoms with E-state index in [4.69, 9.17) is 23.2 Å². The molecule has 0 unspecified atom stereocenters. The van der Waals surface area contributed by atoms with E-state index in [1.165, 1.54) is 6.07 Å². The molecule has 0 aliphatic heterocycles. The van der Waals surface area contributed by atoms with Crippen LogP contribution in [-0.4, -0.2) is 6.61 Å². The number of halogens is 4. The van der Waals surface area contributed by atoms with Crippen LogP contribution in [-0.2, 0) is 6.54 Å². The summed E-state index contributed by atoms with van der Waals surface area (Å²) in [5.74, 6) is -0.0418. The fraction of sp³-hybridized carbons (Fsp3) is 0.200. The number of rotatable bonds is 5. The van der Waals surface area contributed by atoms with Gasteiger partial charge in [0, 0.05) is 17.3 Å². The second-order valence-electron chi connectivity index (χ2n) is 4.45. The summed E-state index contributed by atoms with van der Waals surface area (Å²) in [6.07, 6.45) is 0. The average Bonchev–Trinajstić information content (AvgIpc) is 2.40. The molecule has 2 nitrogen and oxygen atoms in total. The average molecular weight is 332 g/mol. The SMILES string of the molecule is Cc1cc(Cl)ccc1CNc1ccc(OC(F)F)c(Cl)c1. The first-order chi connectivity index (χ1) is 9.95. The van der Waals surface area contributed by atoms with E-state index in [-0.39, 0.29) is 10.8 Å². The minimum atomic E-state index is -2.89. The molecule has 0 aromatic heterocycles. The Hall–Kier alpha value is -1.52. The van der Waals surface area contributed by atoms with Gasteiger partial charge in [0.1, 0.15) is 5.75 Å². The summed E-state index contributed by atoms with van der Waals surface area (Å²) < 4.78 is 28.6. The maximum absolute atomic E-state index is 12.1. The van der Waals surface area contributed by atoms with E-state index >= 15 is 0 Å². The molecule has 6 heteroatoms. The van der Waals surface area contributed by atoms with Gasteiger partial charge in [-0.05, 0) is 48.4 Å². The topological polar surface area (TPSA) is 21.3 Å². The summed E-state index contributed by atoms with van der Waals surface area (Å²) in [7, 11) is 0. The minimum Gasteiger partial charge on any atom is -0.433 e. The predicted molar refractivity (Wildman–Crippen MR) is 81.6 cm³/mol. The van der Waals surface area contributed by atoms with Crippen LogP contribution in [0.15, 0.2) is 36.4 Å². The molecule has 0 heterocycles. The van der Waals surface area contributed by atoms with E-state index < -0.39 is 6.61 Å². The van der Waals surface area contributed by atoms with Crippen LogP contribution >= 0.6 is 23.2 Å². The molecule has 112 valence electrons. The Kier molecular flexibility index (Phi) is 5.26.